The third kappa shape index (κ3) is 5.73. The molecule has 5 heteroatoms. The molecule has 1 aliphatic heterocycles. The van der Waals surface area contributed by atoms with E-state index in [1.807, 2.05) is 60.9 Å². The Balaban J connectivity index is 1.19. The Morgan fingerprint density at radius 2 is 1.79 bits per heavy atom. The van der Waals surface area contributed by atoms with Crippen LogP contribution >= 0.6 is 11.3 Å². The quantitative estimate of drug-likeness (QED) is 0.176. The molecule has 2 aliphatic carbocycles. The van der Waals surface area contributed by atoms with E-state index in [-0.39, 0.29) is 17.3 Å². The highest BCUT2D eigenvalue weighted by Crippen LogP contribution is 2.48. The lowest BCUT2D eigenvalue weighted by molar-refractivity contribution is 0.529. The average Bonchev–Trinajstić information content (AvgIpc) is 3.59. The Labute approximate surface area is 314 Å². The monoisotopic (exact) mass is 704 g/mol. The summed E-state index contributed by atoms with van der Waals surface area (Å²) >= 11 is 1.85. The normalized spacial score (nSPS) is 21.5. The molecule has 0 amide bonds. The lowest BCUT2D eigenvalue weighted by Crippen LogP contribution is -2.27. The first-order valence-electron chi connectivity index (χ1n) is 18.4. The van der Waals surface area contributed by atoms with Crippen molar-refractivity contribution in [1.29, 1.82) is 0 Å². The number of nitrogens with zero attached hydrogens (tertiary/aromatic N) is 3. The Hall–Kier alpha value is -5.91. The van der Waals surface area contributed by atoms with Gasteiger partial charge in [-0.15, -0.1) is 11.3 Å². The summed E-state index contributed by atoms with van der Waals surface area (Å²) in [6, 6.07) is 30.4. The van der Waals surface area contributed by atoms with Gasteiger partial charge < -0.3 is 5.73 Å². The molecule has 4 nitrogen and oxygen atoms in total. The molecule has 4 heterocycles. The first-order valence-corrected chi connectivity index (χ1v) is 19.2. The third-order valence-electron chi connectivity index (χ3n) is 11.0. The van der Waals surface area contributed by atoms with Crippen molar-refractivity contribution in [2.45, 2.75) is 33.1 Å². The van der Waals surface area contributed by atoms with E-state index >= 15 is 0 Å². The highest BCUT2D eigenvalue weighted by Gasteiger charge is 2.32. The predicted octanol–water partition coefficient (Wildman–Crippen LogP) is 12.1. The second-order valence-corrected chi connectivity index (χ2v) is 15.5. The van der Waals surface area contributed by atoms with E-state index in [1.54, 1.807) is 0 Å². The van der Waals surface area contributed by atoms with Crippen LogP contribution in [0.5, 0.6) is 0 Å². The standard InChI is InChI=1S/C48H40N4S/c1-4-5-19-39(49)45-30(2)37(29-42(52-45)40-20-9-11-26-50-40)33-15-12-14-31(27-33)32-22-23-35-41(28-32)51-46(47-44(35)36-16-6-7-21-43(36)53-47)34-17-13-25-48(3)24-10-8-18-38(34)48/h4-24,26-30,37H,25,49H2,1-3H3/b5-4-,39-19-. The number of fused-ring (bicyclic) bond motifs is 6. The van der Waals surface area contributed by atoms with E-state index < -0.39 is 0 Å². The van der Waals surface area contributed by atoms with E-state index in [4.69, 9.17) is 15.7 Å². The van der Waals surface area contributed by atoms with Gasteiger partial charge in [-0.05, 0) is 72.0 Å². The fraction of sp³-hybridized carbons (Fsp3) is 0.146. The van der Waals surface area contributed by atoms with Crippen LogP contribution in [0.4, 0.5) is 0 Å². The van der Waals surface area contributed by atoms with Crippen LogP contribution in [0.15, 0.2) is 168 Å². The van der Waals surface area contributed by atoms with Crippen molar-refractivity contribution in [3.05, 3.63) is 180 Å². The number of nitrogens with two attached hydrogens (primary N) is 1. The number of benzene rings is 3. The van der Waals surface area contributed by atoms with Gasteiger partial charge in [-0.1, -0.05) is 123 Å². The fourth-order valence-corrected chi connectivity index (χ4v) is 9.40. The number of thiophene rings is 1. The van der Waals surface area contributed by atoms with Crippen molar-refractivity contribution < 1.29 is 0 Å². The average molecular weight is 705 g/mol. The van der Waals surface area contributed by atoms with Crippen LogP contribution in [-0.4, -0.2) is 15.7 Å². The van der Waals surface area contributed by atoms with E-state index in [0.29, 0.717) is 5.70 Å². The molecule has 0 radical (unpaired) electrons. The molecule has 6 aromatic rings. The highest BCUT2D eigenvalue weighted by atomic mass is 32.1. The number of aliphatic imine (C=N–C) groups is 1. The molecule has 9 rings (SSSR count). The van der Waals surface area contributed by atoms with Gasteiger partial charge in [0.05, 0.1) is 38.7 Å². The zero-order valence-corrected chi connectivity index (χ0v) is 30.9. The Morgan fingerprint density at radius 3 is 2.66 bits per heavy atom. The molecule has 0 bridgehead atoms. The minimum absolute atomic E-state index is 0.0420. The molecule has 0 fully saturated rings. The van der Waals surface area contributed by atoms with Gasteiger partial charge >= 0.3 is 0 Å². The third-order valence-corrected chi connectivity index (χ3v) is 12.2. The second-order valence-electron chi connectivity index (χ2n) is 14.4. The number of hydrogen-bond donors (Lipinski definition) is 1. The first kappa shape index (κ1) is 33.0. The summed E-state index contributed by atoms with van der Waals surface area (Å²) < 4.78 is 2.53. The molecule has 3 aliphatic rings. The number of aromatic nitrogens is 2. The van der Waals surface area contributed by atoms with Crippen LogP contribution in [0.2, 0.25) is 0 Å². The molecule has 3 atom stereocenters. The van der Waals surface area contributed by atoms with Crippen molar-refractivity contribution >= 4 is 59.4 Å². The van der Waals surface area contributed by atoms with E-state index in [1.165, 1.54) is 42.3 Å². The molecule has 0 saturated heterocycles. The molecular formula is C48H40N4S. The van der Waals surface area contributed by atoms with Crippen LogP contribution in [0.1, 0.15) is 50.1 Å². The molecule has 258 valence electrons. The largest absolute Gasteiger partial charge is 0.397 e. The minimum atomic E-state index is -0.0420. The zero-order chi connectivity index (χ0) is 36.1. The maximum Gasteiger partial charge on any atom is 0.0891 e. The SMILES string of the molecule is C/C=C\C=C(/N)C1=NC(c2ccccn2)=CC(c2cccc(-c3ccc4c(c3)nc(C3=C5C=CC=CC5(C)CC=C3)c3sc5ccccc5c34)c2)C1C. The summed E-state index contributed by atoms with van der Waals surface area (Å²) in [4.78, 5) is 15.2. The topological polar surface area (TPSA) is 64.2 Å². The minimum Gasteiger partial charge on any atom is -0.397 e. The van der Waals surface area contributed by atoms with Crippen LogP contribution in [0, 0.1) is 11.3 Å². The first-order chi connectivity index (χ1) is 25.9. The van der Waals surface area contributed by atoms with Crippen molar-refractivity contribution in [3.8, 4) is 11.1 Å². The van der Waals surface area contributed by atoms with Gasteiger partial charge in [0, 0.05) is 49.9 Å². The van der Waals surface area contributed by atoms with Gasteiger partial charge in [-0.25, -0.2) is 9.98 Å². The van der Waals surface area contributed by atoms with Gasteiger partial charge in [-0.2, -0.15) is 0 Å². The molecule has 3 aromatic carbocycles. The van der Waals surface area contributed by atoms with Crippen LogP contribution in [-0.2, 0) is 0 Å². The Bertz CT molecular complexity index is 2700. The maximum atomic E-state index is 6.67. The molecule has 3 aromatic heterocycles. The number of pyridine rings is 2. The zero-order valence-electron chi connectivity index (χ0n) is 30.1. The summed E-state index contributed by atoms with van der Waals surface area (Å²) in [5.41, 5.74) is 18.0. The molecule has 53 heavy (non-hydrogen) atoms. The van der Waals surface area contributed by atoms with Crippen molar-refractivity contribution in [2.75, 3.05) is 0 Å². The molecule has 2 N–H and O–H groups in total. The van der Waals surface area contributed by atoms with Gasteiger partial charge in [0.25, 0.3) is 0 Å². The van der Waals surface area contributed by atoms with Crippen LogP contribution in [0.25, 0.3) is 53.5 Å². The Morgan fingerprint density at radius 1 is 0.925 bits per heavy atom. The Kier molecular flexibility index (Phi) is 8.24. The number of allylic oxidation sites excluding steroid dienone is 13. The van der Waals surface area contributed by atoms with E-state index in [0.717, 1.165) is 45.9 Å². The lowest BCUT2D eigenvalue weighted by Gasteiger charge is -2.33. The van der Waals surface area contributed by atoms with Crippen molar-refractivity contribution in [2.24, 2.45) is 22.1 Å². The number of rotatable bonds is 6. The second kappa shape index (κ2) is 13.3. The summed E-state index contributed by atoms with van der Waals surface area (Å²) in [5.74, 6) is 0.116. The van der Waals surface area contributed by atoms with Gasteiger partial charge in [0.2, 0.25) is 0 Å². The molecular weight excluding hydrogens is 665 g/mol. The van der Waals surface area contributed by atoms with E-state index in [9.17, 15) is 0 Å². The summed E-state index contributed by atoms with van der Waals surface area (Å²) in [6.45, 7) is 6.54. The van der Waals surface area contributed by atoms with Gasteiger partial charge in [0.1, 0.15) is 0 Å². The maximum absolute atomic E-state index is 6.67. The van der Waals surface area contributed by atoms with E-state index in [2.05, 4.69) is 128 Å². The van der Waals surface area contributed by atoms with Crippen LogP contribution in [0.3, 0.4) is 0 Å². The predicted molar refractivity (Wildman–Crippen MR) is 226 cm³/mol. The fourth-order valence-electron chi connectivity index (χ4n) is 8.18. The molecule has 0 saturated carbocycles. The van der Waals surface area contributed by atoms with Crippen molar-refractivity contribution in [1.82, 2.24) is 9.97 Å². The molecule has 0 spiro atoms. The summed E-state index contributed by atoms with van der Waals surface area (Å²) in [5, 5.41) is 3.75. The van der Waals surface area contributed by atoms with Crippen molar-refractivity contribution in [3.63, 3.8) is 0 Å². The lowest BCUT2D eigenvalue weighted by atomic mass is 9.71. The van der Waals surface area contributed by atoms with Crippen LogP contribution < -0.4 is 5.73 Å². The van der Waals surface area contributed by atoms with Gasteiger partial charge in [-0.3, -0.25) is 4.98 Å². The smallest absolute Gasteiger partial charge is 0.0891 e. The van der Waals surface area contributed by atoms with Gasteiger partial charge in [0.15, 0.2) is 0 Å². The highest BCUT2D eigenvalue weighted by molar-refractivity contribution is 7.26. The number of hydrogen-bond acceptors (Lipinski definition) is 5. The summed E-state index contributed by atoms with van der Waals surface area (Å²) in [7, 11) is 0. The summed E-state index contributed by atoms with van der Waals surface area (Å²) in [6.07, 6.45) is 24.5. The molecule has 3 unspecified atom stereocenters.